The Bertz CT molecular complexity index is 2260. The Balaban J connectivity index is 3.71. The highest BCUT2D eigenvalue weighted by Crippen LogP contribution is 2.14. The fourth-order valence-electron chi connectivity index (χ4n) is 8.24. The number of carbonyl (C=O) groups excluding carboxylic acids is 9. The van der Waals surface area contributed by atoms with Gasteiger partial charge in [-0.05, 0) is 95.1 Å². The Morgan fingerprint density at radius 1 is 0.549 bits per heavy atom. The van der Waals surface area contributed by atoms with Crippen molar-refractivity contribution in [3.8, 4) is 0 Å². The van der Waals surface area contributed by atoms with Gasteiger partial charge in [-0.15, -0.1) is 0 Å². The lowest BCUT2D eigenvalue weighted by Crippen LogP contribution is -2.61. The van der Waals surface area contributed by atoms with Crippen molar-refractivity contribution in [1.29, 1.82) is 0 Å². The first-order valence-electron chi connectivity index (χ1n) is 27.8. The molecule has 1 aromatic heterocycles. The van der Waals surface area contributed by atoms with Gasteiger partial charge in [0.15, 0.2) is 11.9 Å². The smallest absolute Gasteiger partial charge is 0.326 e. The van der Waals surface area contributed by atoms with Crippen LogP contribution >= 0.6 is 0 Å². The van der Waals surface area contributed by atoms with Crippen LogP contribution < -0.4 is 88.4 Å². The number of hydrogen-bond acceptors (Lipinski definition) is 16. The molecule has 10 atom stereocenters. The van der Waals surface area contributed by atoms with E-state index in [4.69, 9.17) is 45.9 Å². The van der Waals surface area contributed by atoms with Crippen LogP contribution in [-0.4, -0.2) is 167 Å². The largest absolute Gasteiger partial charge is 0.480 e. The monoisotopic (exact) mass is 1160 g/mol. The second kappa shape index (κ2) is 38.9. The average molecular weight is 1160 g/mol. The SMILES string of the molecule is CC[C@H](C)[C@H](NC(=O)[C@H](CCCCN)NC(=O)[C@@H](NC(=O)[C@H](CCCN=C(N)N)NC(=O)[C@H](CCCN=C(N)N)NC(=O)[C@H](Cc1cnc[nH]1)NC(=O)[C@H](CC(C)C)NC(=O)[C@H](CC(N)=O)NC(=O)[C@@H](N)CCCCN)C(C)C)C(=O)O. The van der Waals surface area contributed by atoms with Crippen LogP contribution in [0.15, 0.2) is 22.5 Å². The molecule has 0 aliphatic heterocycles. The molecule has 26 N–H and O–H groups in total. The molecular formula is C51H94N20O11. The van der Waals surface area contributed by atoms with Gasteiger partial charge in [0.05, 0.1) is 18.8 Å². The lowest BCUT2D eigenvalue weighted by Gasteiger charge is -2.29. The van der Waals surface area contributed by atoms with Crippen molar-refractivity contribution in [2.45, 2.75) is 186 Å². The highest BCUT2D eigenvalue weighted by Gasteiger charge is 2.37. The van der Waals surface area contributed by atoms with Crippen molar-refractivity contribution < 1.29 is 53.1 Å². The molecule has 0 spiro atoms. The predicted octanol–water partition coefficient (Wildman–Crippen LogP) is -4.77. The maximum atomic E-state index is 14.5. The molecule has 0 saturated carbocycles. The number of nitrogens with two attached hydrogens (primary N) is 8. The van der Waals surface area contributed by atoms with Crippen LogP contribution in [0.3, 0.4) is 0 Å². The highest BCUT2D eigenvalue weighted by molar-refractivity contribution is 5.99. The van der Waals surface area contributed by atoms with Crippen LogP contribution in [0.4, 0.5) is 0 Å². The van der Waals surface area contributed by atoms with E-state index in [1.165, 1.54) is 12.5 Å². The molecule has 464 valence electrons. The van der Waals surface area contributed by atoms with Crippen molar-refractivity contribution in [1.82, 2.24) is 52.5 Å². The fraction of sp³-hybridized carbons (Fsp3) is 0.706. The van der Waals surface area contributed by atoms with E-state index in [1.807, 2.05) is 0 Å². The predicted molar refractivity (Wildman–Crippen MR) is 307 cm³/mol. The molecule has 0 fully saturated rings. The number of guanidine groups is 2. The van der Waals surface area contributed by atoms with Gasteiger partial charge in [-0.1, -0.05) is 54.4 Å². The maximum absolute atomic E-state index is 14.5. The third kappa shape index (κ3) is 28.7. The van der Waals surface area contributed by atoms with E-state index in [2.05, 4.69) is 62.5 Å². The molecule has 1 aromatic rings. The summed E-state index contributed by atoms with van der Waals surface area (Å²) in [4.78, 5) is 151. The van der Waals surface area contributed by atoms with Gasteiger partial charge >= 0.3 is 5.97 Å². The molecule has 82 heavy (non-hydrogen) atoms. The Morgan fingerprint density at radius 3 is 1.43 bits per heavy atom. The summed E-state index contributed by atoms with van der Waals surface area (Å²) in [5.74, 6) is -10.7. The standard InChI is InChI=1S/C51H94N20O11/c1-7-29(6)40(49(81)82)71-44(76)32(15-9-11-19-53)66-48(80)39(28(4)5)70-43(75)34(17-13-21-62-51(58)59)64-42(74)33(16-12-20-61-50(56)57)65-46(78)36(23-30-25-60-26-63-30)69-45(77)35(22-27(2)3)68-47(79)37(24-38(55)72)67-41(73)31(54)14-8-10-18-52/h25-29,31-37,39-40H,7-24,52-54H2,1-6H3,(H2,55,72)(H,60,63)(H,64,74)(H,65,78)(H,66,80)(H,67,73)(H,68,79)(H,69,77)(H,70,75)(H,71,76)(H,81,82)(H4,56,57,61)(H4,58,59,62)/t29-,31-,32-,33-,34-,35-,36-,37-,39-,40-/m0/s1. The number of unbranched alkanes of at least 4 members (excludes halogenated alkanes) is 2. The molecule has 31 heteroatoms. The van der Waals surface area contributed by atoms with Gasteiger partial charge in [0.25, 0.3) is 0 Å². The number of primary amides is 1. The summed E-state index contributed by atoms with van der Waals surface area (Å²) in [5, 5.41) is 30.8. The maximum Gasteiger partial charge on any atom is 0.326 e. The summed E-state index contributed by atoms with van der Waals surface area (Å²) in [6.45, 7) is 10.9. The number of carboxylic acid groups (broad SMARTS) is 1. The van der Waals surface area contributed by atoms with Gasteiger partial charge in [0, 0.05) is 31.4 Å². The molecule has 31 nitrogen and oxygen atoms in total. The molecule has 1 heterocycles. The summed E-state index contributed by atoms with van der Waals surface area (Å²) < 4.78 is 0. The third-order valence-corrected chi connectivity index (χ3v) is 13.1. The number of aliphatic imine (C=N–C) groups is 2. The third-order valence-electron chi connectivity index (χ3n) is 13.1. The number of amides is 9. The van der Waals surface area contributed by atoms with Crippen LogP contribution in [0, 0.1) is 17.8 Å². The molecule has 0 aliphatic rings. The first-order chi connectivity index (χ1) is 38.6. The van der Waals surface area contributed by atoms with Gasteiger partial charge in [-0.2, -0.15) is 0 Å². The van der Waals surface area contributed by atoms with Gasteiger partial charge in [-0.25, -0.2) is 9.78 Å². The Morgan fingerprint density at radius 2 is 0.976 bits per heavy atom. The summed E-state index contributed by atoms with van der Waals surface area (Å²) in [6.07, 6.45) is 4.59. The summed E-state index contributed by atoms with van der Waals surface area (Å²) >= 11 is 0. The van der Waals surface area contributed by atoms with Crippen molar-refractivity contribution in [2.75, 3.05) is 26.2 Å². The van der Waals surface area contributed by atoms with E-state index in [1.54, 1.807) is 41.5 Å². The zero-order valence-corrected chi connectivity index (χ0v) is 48.3. The van der Waals surface area contributed by atoms with Crippen molar-refractivity contribution in [2.24, 2.45) is 73.6 Å². The van der Waals surface area contributed by atoms with Crippen LogP contribution in [0.1, 0.15) is 131 Å². The van der Waals surface area contributed by atoms with Crippen molar-refractivity contribution in [3.05, 3.63) is 18.2 Å². The normalized spacial score (nSPS) is 14.8. The second-order valence-electron chi connectivity index (χ2n) is 21.0. The molecule has 0 bridgehead atoms. The number of rotatable bonds is 42. The highest BCUT2D eigenvalue weighted by atomic mass is 16.4. The number of aromatic nitrogens is 2. The van der Waals surface area contributed by atoms with Crippen molar-refractivity contribution in [3.63, 3.8) is 0 Å². The van der Waals surface area contributed by atoms with Gasteiger partial charge < -0.3 is 98.5 Å². The molecule has 0 radical (unpaired) electrons. The number of carboxylic acids is 1. The molecule has 0 aromatic carbocycles. The topological polar surface area (TPSA) is 549 Å². The zero-order chi connectivity index (χ0) is 62.1. The van der Waals surface area contributed by atoms with Crippen LogP contribution in [0.5, 0.6) is 0 Å². The molecule has 0 saturated heterocycles. The van der Waals surface area contributed by atoms with E-state index in [0.29, 0.717) is 44.3 Å². The van der Waals surface area contributed by atoms with Crippen LogP contribution in [0.25, 0.3) is 0 Å². The van der Waals surface area contributed by atoms with E-state index >= 15 is 0 Å². The number of H-pyrrole nitrogens is 1. The van der Waals surface area contributed by atoms with Crippen LogP contribution in [-0.2, 0) is 54.4 Å². The van der Waals surface area contributed by atoms with E-state index in [0.717, 1.165) is 0 Å². The minimum atomic E-state index is -1.53. The number of nitrogens with zero attached hydrogens (tertiary/aromatic N) is 3. The Kier molecular flexibility index (Phi) is 34.3. The lowest BCUT2D eigenvalue weighted by molar-refractivity contribution is -0.144. The van der Waals surface area contributed by atoms with Gasteiger partial charge in [0.1, 0.15) is 48.3 Å². The van der Waals surface area contributed by atoms with Crippen LogP contribution in [0.2, 0.25) is 0 Å². The summed E-state index contributed by atoms with van der Waals surface area (Å²) in [5.41, 5.74) is 45.3. The Hall–Kier alpha value is -7.67. The summed E-state index contributed by atoms with van der Waals surface area (Å²) in [6, 6.07) is -12.1. The van der Waals surface area contributed by atoms with Gasteiger partial charge in [0.2, 0.25) is 53.2 Å². The first kappa shape index (κ1) is 72.3. The molecule has 9 amide bonds. The number of hydrogen-bond donors (Lipinski definition) is 18. The summed E-state index contributed by atoms with van der Waals surface area (Å²) in [7, 11) is 0. The number of nitrogens with one attached hydrogen (secondary N) is 9. The quantitative estimate of drug-likeness (QED) is 0.0166. The molecule has 0 aliphatic carbocycles. The first-order valence-corrected chi connectivity index (χ1v) is 27.8. The molecule has 1 rings (SSSR count). The van der Waals surface area contributed by atoms with Crippen molar-refractivity contribution >= 4 is 71.1 Å². The molecule has 0 unspecified atom stereocenters. The van der Waals surface area contributed by atoms with E-state index < -0.39 is 132 Å². The number of carbonyl (C=O) groups is 10. The minimum absolute atomic E-state index is 0.00224. The minimum Gasteiger partial charge on any atom is -0.480 e. The number of aromatic amines is 1. The average Bonchev–Trinajstić information content (AvgIpc) is 3.93. The Labute approximate surface area is 479 Å². The van der Waals surface area contributed by atoms with E-state index in [9.17, 15) is 53.1 Å². The molecular weight excluding hydrogens is 1070 g/mol. The second-order valence-corrected chi connectivity index (χ2v) is 21.0. The fourth-order valence-corrected chi connectivity index (χ4v) is 8.24. The number of aliphatic carboxylic acids is 1. The van der Waals surface area contributed by atoms with Gasteiger partial charge in [-0.3, -0.25) is 53.1 Å². The number of imidazole rings is 1. The lowest BCUT2D eigenvalue weighted by atomic mass is 9.98. The van der Waals surface area contributed by atoms with E-state index in [-0.39, 0.29) is 88.8 Å². The zero-order valence-electron chi connectivity index (χ0n) is 48.3.